The van der Waals surface area contributed by atoms with Crippen LogP contribution in [-0.4, -0.2) is 80.4 Å². The Hall–Kier alpha value is -1.66. The van der Waals surface area contributed by atoms with Crippen LogP contribution in [0.25, 0.3) is 0 Å². The highest BCUT2D eigenvalue weighted by Crippen LogP contribution is 2.23. The van der Waals surface area contributed by atoms with E-state index in [2.05, 4.69) is 15.2 Å². The van der Waals surface area contributed by atoms with Crippen LogP contribution in [0.4, 0.5) is 9.18 Å². The Labute approximate surface area is 200 Å². The molecule has 1 unspecified atom stereocenters. The van der Waals surface area contributed by atoms with Crippen molar-refractivity contribution in [2.75, 3.05) is 52.5 Å². The van der Waals surface area contributed by atoms with Gasteiger partial charge in [-0.05, 0) is 37.5 Å². The van der Waals surface area contributed by atoms with E-state index >= 15 is 0 Å². The zero-order chi connectivity index (χ0) is 21.3. The molecule has 8 nitrogen and oxygen atoms in total. The zero-order valence-electron chi connectivity index (χ0n) is 18.0. The summed E-state index contributed by atoms with van der Waals surface area (Å²) in [5, 5.41) is 3.26. The molecule has 3 N–H and O–H groups in total. The lowest BCUT2D eigenvalue weighted by atomic mass is 10.0. The summed E-state index contributed by atoms with van der Waals surface area (Å²) >= 11 is 0. The molecule has 2 aliphatic heterocycles. The van der Waals surface area contributed by atoms with Gasteiger partial charge in [-0.3, -0.25) is 9.89 Å². The maximum Gasteiger partial charge on any atom is 0.409 e. The lowest BCUT2D eigenvalue weighted by molar-refractivity contribution is 0.0179. The molecule has 2 heterocycles. The van der Waals surface area contributed by atoms with Gasteiger partial charge in [0, 0.05) is 32.2 Å². The van der Waals surface area contributed by atoms with Crippen LogP contribution in [0, 0.1) is 5.82 Å². The summed E-state index contributed by atoms with van der Waals surface area (Å²) in [7, 11) is 0. The number of halogens is 2. The summed E-state index contributed by atoms with van der Waals surface area (Å²) in [5.41, 5.74) is 7.03. The third kappa shape index (κ3) is 7.76. The number of carbonyl (C=O) groups is 1. The fourth-order valence-electron chi connectivity index (χ4n) is 3.90. The fourth-order valence-corrected chi connectivity index (χ4v) is 3.90. The van der Waals surface area contributed by atoms with Gasteiger partial charge in [0.2, 0.25) is 0 Å². The van der Waals surface area contributed by atoms with E-state index in [1.54, 1.807) is 24.0 Å². The topological polar surface area (TPSA) is 92.4 Å². The molecule has 1 atom stereocenters. The molecule has 3 rings (SSSR count). The van der Waals surface area contributed by atoms with Crippen LogP contribution in [0.2, 0.25) is 0 Å². The van der Waals surface area contributed by atoms with E-state index in [-0.39, 0.29) is 48.0 Å². The number of nitrogens with one attached hydrogen (secondary N) is 1. The Kier molecular flexibility index (Phi) is 10.7. The summed E-state index contributed by atoms with van der Waals surface area (Å²) in [4.78, 5) is 20.3. The van der Waals surface area contributed by atoms with Crippen LogP contribution in [0.15, 0.2) is 29.3 Å². The maximum absolute atomic E-state index is 13.8. The van der Waals surface area contributed by atoms with Gasteiger partial charge < -0.3 is 25.4 Å². The molecular weight excluding hydrogens is 516 g/mol. The summed E-state index contributed by atoms with van der Waals surface area (Å²) in [5.74, 6) is 0.119. The number of morpholine rings is 1. The number of likely N-dealkylation sites (tertiary alicyclic amines) is 1. The SMILES string of the molecule is CCOC(=O)N1CCC(NC(N)=NCC(c2cccc(F)c2)N2CCOCC2)CC1.I. The molecule has 0 saturated carbocycles. The number of piperidine rings is 1. The van der Waals surface area contributed by atoms with E-state index in [9.17, 15) is 9.18 Å². The molecule has 1 aromatic rings. The van der Waals surface area contributed by atoms with Gasteiger partial charge in [0.1, 0.15) is 5.82 Å². The first-order valence-corrected chi connectivity index (χ1v) is 10.6. The highest BCUT2D eigenvalue weighted by molar-refractivity contribution is 14.0. The summed E-state index contributed by atoms with van der Waals surface area (Å²) in [6.07, 6.45) is 1.30. The van der Waals surface area contributed by atoms with Crippen molar-refractivity contribution >= 4 is 36.0 Å². The van der Waals surface area contributed by atoms with E-state index < -0.39 is 0 Å². The van der Waals surface area contributed by atoms with Crippen LogP contribution in [0.1, 0.15) is 31.4 Å². The van der Waals surface area contributed by atoms with Crippen LogP contribution in [0.3, 0.4) is 0 Å². The number of guanidine groups is 1. The molecule has 0 aromatic heterocycles. The summed E-state index contributed by atoms with van der Waals surface area (Å²) < 4.78 is 24.3. The van der Waals surface area contributed by atoms with Gasteiger partial charge in [0.15, 0.2) is 5.96 Å². The van der Waals surface area contributed by atoms with Gasteiger partial charge in [-0.25, -0.2) is 9.18 Å². The van der Waals surface area contributed by atoms with Gasteiger partial charge in [-0.2, -0.15) is 0 Å². The number of hydrogen-bond acceptors (Lipinski definition) is 5. The molecule has 10 heteroatoms. The maximum atomic E-state index is 13.8. The number of nitrogens with zero attached hydrogens (tertiary/aromatic N) is 3. The van der Waals surface area contributed by atoms with E-state index in [1.807, 2.05) is 6.07 Å². The minimum absolute atomic E-state index is 0. The van der Waals surface area contributed by atoms with Crippen molar-refractivity contribution in [2.45, 2.75) is 31.8 Å². The third-order valence-electron chi connectivity index (χ3n) is 5.53. The normalized spacial score (nSPS) is 19.4. The van der Waals surface area contributed by atoms with Crippen LogP contribution in [0.5, 0.6) is 0 Å². The zero-order valence-corrected chi connectivity index (χ0v) is 20.3. The van der Waals surface area contributed by atoms with Crippen LogP contribution < -0.4 is 11.1 Å². The smallest absolute Gasteiger partial charge is 0.409 e. The van der Waals surface area contributed by atoms with Gasteiger partial charge in [-0.15, -0.1) is 24.0 Å². The minimum Gasteiger partial charge on any atom is -0.450 e. The molecular formula is C21H33FIN5O3. The van der Waals surface area contributed by atoms with E-state index in [0.717, 1.165) is 31.5 Å². The number of aliphatic imine (C=N–C) groups is 1. The molecule has 0 radical (unpaired) electrons. The van der Waals surface area contributed by atoms with Crippen molar-refractivity contribution < 1.29 is 18.7 Å². The Morgan fingerprint density at radius 3 is 2.68 bits per heavy atom. The quantitative estimate of drug-likeness (QED) is 0.322. The van der Waals surface area contributed by atoms with E-state index in [1.165, 1.54) is 6.07 Å². The van der Waals surface area contributed by atoms with Crippen molar-refractivity contribution in [1.29, 1.82) is 0 Å². The number of rotatable bonds is 6. The Morgan fingerprint density at radius 2 is 2.03 bits per heavy atom. The molecule has 0 aliphatic carbocycles. The van der Waals surface area contributed by atoms with Crippen molar-refractivity contribution in [1.82, 2.24) is 15.1 Å². The molecule has 2 saturated heterocycles. The first-order valence-electron chi connectivity index (χ1n) is 10.6. The first kappa shape index (κ1) is 25.6. The lowest BCUT2D eigenvalue weighted by Crippen LogP contribution is -2.48. The molecule has 2 aliphatic rings. The highest BCUT2D eigenvalue weighted by Gasteiger charge is 2.25. The lowest BCUT2D eigenvalue weighted by Gasteiger charge is -2.34. The highest BCUT2D eigenvalue weighted by atomic mass is 127. The number of hydrogen-bond donors (Lipinski definition) is 2. The van der Waals surface area contributed by atoms with Crippen LogP contribution >= 0.6 is 24.0 Å². The Bertz CT molecular complexity index is 725. The largest absolute Gasteiger partial charge is 0.450 e. The standard InChI is InChI=1S/C21H32FN5O3.HI/c1-2-30-21(28)27-8-6-18(7-9-27)25-20(23)24-15-19(26-10-12-29-13-11-26)16-4-3-5-17(22)14-16;/h3-5,14,18-19H,2,6-13,15H2,1H3,(H3,23,24,25);1H. The summed E-state index contributed by atoms with van der Waals surface area (Å²) in [6, 6.07) is 6.76. The fraction of sp³-hybridized carbons (Fsp3) is 0.619. The minimum atomic E-state index is -0.263. The molecule has 0 spiro atoms. The van der Waals surface area contributed by atoms with Gasteiger partial charge in [0.25, 0.3) is 0 Å². The Balaban J connectivity index is 0.00000341. The molecule has 2 fully saturated rings. The van der Waals surface area contributed by atoms with Crippen molar-refractivity contribution in [2.24, 2.45) is 10.7 Å². The second-order valence-electron chi connectivity index (χ2n) is 7.55. The molecule has 1 aromatic carbocycles. The third-order valence-corrected chi connectivity index (χ3v) is 5.53. The molecule has 31 heavy (non-hydrogen) atoms. The predicted molar refractivity (Wildman–Crippen MR) is 128 cm³/mol. The second kappa shape index (κ2) is 13.0. The molecule has 1 amide bonds. The average molecular weight is 549 g/mol. The van der Waals surface area contributed by atoms with Gasteiger partial charge in [-0.1, -0.05) is 12.1 Å². The number of carbonyl (C=O) groups excluding carboxylic acids is 1. The van der Waals surface area contributed by atoms with Gasteiger partial charge >= 0.3 is 6.09 Å². The van der Waals surface area contributed by atoms with E-state index in [0.29, 0.717) is 45.4 Å². The Morgan fingerprint density at radius 1 is 1.32 bits per heavy atom. The van der Waals surface area contributed by atoms with Crippen molar-refractivity contribution in [3.63, 3.8) is 0 Å². The monoisotopic (exact) mass is 549 g/mol. The number of amides is 1. The van der Waals surface area contributed by atoms with Gasteiger partial charge in [0.05, 0.1) is 32.4 Å². The molecule has 174 valence electrons. The molecule has 0 bridgehead atoms. The predicted octanol–water partition coefficient (Wildman–Crippen LogP) is 2.34. The first-order chi connectivity index (χ1) is 14.6. The van der Waals surface area contributed by atoms with Crippen molar-refractivity contribution in [3.8, 4) is 0 Å². The average Bonchev–Trinajstić information content (AvgIpc) is 2.75. The number of benzene rings is 1. The van der Waals surface area contributed by atoms with Crippen LogP contribution in [-0.2, 0) is 9.47 Å². The summed E-state index contributed by atoms with van der Waals surface area (Å²) in [6.45, 7) is 6.73. The second-order valence-corrected chi connectivity index (χ2v) is 7.55. The van der Waals surface area contributed by atoms with Crippen molar-refractivity contribution in [3.05, 3.63) is 35.6 Å². The number of nitrogens with two attached hydrogens (primary N) is 1. The van der Waals surface area contributed by atoms with E-state index in [4.69, 9.17) is 15.2 Å². The number of ether oxygens (including phenoxy) is 2.